The zero-order chi connectivity index (χ0) is 19.6. The van der Waals surface area contributed by atoms with Crippen LogP contribution in [0.4, 0.5) is 20.2 Å². The SMILES string of the molecule is CC(Nc1ccc(S(=O)(=O)C(F)F)cc1)c1ccc(NC(=O)C2CC2)cc1. The van der Waals surface area contributed by atoms with Crippen molar-refractivity contribution < 1.29 is 22.0 Å². The number of carbonyl (C=O) groups is 1. The van der Waals surface area contributed by atoms with Gasteiger partial charge in [-0.05, 0) is 61.7 Å². The molecule has 1 unspecified atom stereocenters. The first-order valence-corrected chi connectivity index (χ1v) is 10.1. The molecule has 1 aliphatic carbocycles. The van der Waals surface area contributed by atoms with Gasteiger partial charge >= 0.3 is 5.76 Å². The van der Waals surface area contributed by atoms with Crippen molar-refractivity contribution in [3.05, 3.63) is 54.1 Å². The Bertz CT molecular complexity index is 909. The minimum Gasteiger partial charge on any atom is -0.379 e. The maximum atomic E-state index is 12.6. The van der Waals surface area contributed by atoms with Gasteiger partial charge < -0.3 is 10.6 Å². The van der Waals surface area contributed by atoms with Crippen molar-refractivity contribution in [2.75, 3.05) is 10.6 Å². The number of benzene rings is 2. The molecule has 0 aliphatic heterocycles. The highest BCUT2D eigenvalue weighted by molar-refractivity contribution is 7.91. The number of hydrogen-bond donors (Lipinski definition) is 2. The molecule has 3 rings (SSSR count). The number of amides is 1. The fourth-order valence-electron chi connectivity index (χ4n) is 2.62. The van der Waals surface area contributed by atoms with Crippen LogP contribution >= 0.6 is 0 Å². The van der Waals surface area contributed by atoms with Crippen molar-refractivity contribution in [3.8, 4) is 0 Å². The second kappa shape index (κ2) is 7.64. The van der Waals surface area contributed by atoms with E-state index in [2.05, 4.69) is 10.6 Å². The van der Waals surface area contributed by atoms with Crippen molar-refractivity contribution >= 4 is 27.1 Å². The Labute approximate surface area is 156 Å². The number of nitrogens with one attached hydrogen (secondary N) is 2. The van der Waals surface area contributed by atoms with E-state index in [4.69, 9.17) is 0 Å². The van der Waals surface area contributed by atoms with Crippen LogP contribution in [0, 0.1) is 5.92 Å². The molecule has 2 aromatic carbocycles. The lowest BCUT2D eigenvalue weighted by molar-refractivity contribution is -0.117. The lowest BCUT2D eigenvalue weighted by Crippen LogP contribution is -2.13. The Hall–Kier alpha value is -2.48. The average molecular weight is 394 g/mol. The fraction of sp³-hybridized carbons (Fsp3) is 0.316. The van der Waals surface area contributed by atoms with Gasteiger partial charge in [0.1, 0.15) is 0 Å². The van der Waals surface area contributed by atoms with E-state index in [0.29, 0.717) is 5.69 Å². The predicted octanol–water partition coefficient (Wildman–Crippen LogP) is 4.20. The molecule has 8 heteroatoms. The van der Waals surface area contributed by atoms with Gasteiger partial charge in [-0.15, -0.1) is 0 Å². The third kappa shape index (κ3) is 4.63. The van der Waals surface area contributed by atoms with Crippen LogP contribution in [0.15, 0.2) is 53.4 Å². The molecule has 2 N–H and O–H groups in total. The Morgan fingerprint density at radius 2 is 1.56 bits per heavy atom. The lowest BCUT2D eigenvalue weighted by Gasteiger charge is -2.16. The molecule has 0 bridgehead atoms. The third-order valence-corrected chi connectivity index (χ3v) is 5.83. The molecule has 5 nitrogen and oxygen atoms in total. The Balaban J connectivity index is 1.62. The zero-order valence-corrected chi connectivity index (χ0v) is 15.5. The van der Waals surface area contributed by atoms with Gasteiger partial charge in [0, 0.05) is 23.3 Å². The second-order valence-electron chi connectivity index (χ2n) is 6.58. The van der Waals surface area contributed by atoms with Gasteiger partial charge in [-0.25, -0.2) is 8.42 Å². The van der Waals surface area contributed by atoms with E-state index >= 15 is 0 Å². The minimum absolute atomic E-state index is 0.0489. The summed E-state index contributed by atoms with van der Waals surface area (Å²) in [4.78, 5) is 11.4. The van der Waals surface area contributed by atoms with Gasteiger partial charge in [0.05, 0.1) is 4.90 Å². The van der Waals surface area contributed by atoms with Crippen molar-refractivity contribution in [1.82, 2.24) is 0 Å². The smallest absolute Gasteiger partial charge is 0.341 e. The summed E-state index contributed by atoms with van der Waals surface area (Å²) >= 11 is 0. The maximum Gasteiger partial charge on any atom is 0.341 e. The quantitative estimate of drug-likeness (QED) is 0.738. The molecule has 0 saturated heterocycles. The molecular formula is C19H20F2N2O3S. The van der Waals surface area contributed by atoms with Gasteiger partial charge in [0.25, 0.3) is 0 Å². The number of sulfone groups is 1. The highest BCUT2D eigenvalue weighted by Gasteiger charge is 2.29. The molecule has 2 aromatic rings. The van der Waals surface area contributed by atoms with Crippen molar-refractivity contribution in [2.24, 2.45) is 5.92 Å². The monoisotopic (exact) mass is 394 g/mol. The molecule has 144 valence electrons. The van der Waals surface area contributed by atoms with Crippen molar-refractivity contribution in [2.45, 2.75) is 36.5 Å². The van der Waals surface area contributed by atoms with Crippen LogP contribution in [-0.4, -0.2) is 20.1 Å². The average Bonchev–Trinajstić information content (AvgIpc) is 3.48. The largest absolute Gasteiger partial charge is 0.379 e. The molecule has 1 amide bonds. The van der Waals surface area contributed by atoms with Gasteiger partial charge in [0.15, 0.2) is 0 Å². The predicted molar refractivity (Wildman–Crippen MR) is 99.5 cm³/mol. The number of anilines is 2. The van der Waals surface area contributed by atoms with E-state index < -0.39 is 20.5 Å². The number of carbonyl (C=O) groups excluding carboxylic acids is 1. The molecule has 0 spiro atoms. The summed E-state index contributed by atoms with van der Waals surface area (Å²) < 4.78 is 48.0. The highest BCUT2D eigenvalue weighted by Crippen LogP contribution is 2.30. The third-order valence-electron chi connectivity index (χ3n) is 4.43. The fourth-order valence-corrected chi connectivity index (χ4v) is 3.34. The van der Waals surface area contributed by atoms with Crippen LogP contribution in [0.2, 0.25) is 0 Å². The molecule has 1 fully saturated rings. The van der Waals surface area contributed by atoms with Crippen LogP contribution in [-0.2, 0) is 14.6 Å². The molecule has 0 radical (unpaired) electrons. The standard InChI is InChI=1S/C19H20F2N2O3S/c1-12(13-4-6-16(7-5-13)23-18(24)14-2-3-14)22-15-8-10-17(11-9-15)27(25,26)19(20)21/h4-12,14,19,22H,2-3H2,1H3,(H,23,24). The lowest BCUT2D eigenvalue weighted by atomic mass is 10.1. The number of halogens is 2. The zero-order valence-electron chi connectivity index (χ0n) is 14.7. The maximum absolute atomic E-state index is 12.6. The summed E-state index contributed by atoms with van der Waals surface area (Å²) in [6.07, 6.45) is 1.89. The highest BCUT2D eigenvalue weighted by atomic mass is 32.2. The summed E-state index contributed by atoms with van der Waals surface area (Å²) in [5, 5.41) is 6.06. The Morgan fingerprint density at radius 1 is 1.00 bits per heavy atom. The van der Waals surface area contributed by atoms with E-state index in [1.807, 2.05) is 31.2 Å². The minimum atomic E-state index is -4.59. The second-order valence-corrected chi connectivity index (χ2v) is 8.50. The van der Waals surface area contributed by atoms with Gasteiger partial charge in [-0.2, -0.15) is 8.78 Å². The van der Waals surface area contributed by atoms with Crippen molar-refractivity contribution in [1.29, 1.82) is 0 Å². The number of hydrogen-bond acceptors (Lipinski definition) is 4. The summed E-state index contributed by atoms with van der Waals surface area (Å²) in [7, 11) is -4.59. The molecule has 1 atom stereocenters. The topological polar surface area (TPSA) is 75.3 Å². The van der Waals surface area contributed by atoms with Crippen LogP contribution in [0.25, 0.3) is 0 Å². The first kappa shape index (κ1) is 19.3. The van der Waals surface area contributed by atoms with Crippen LogP contribution in [0.1, 0.15) is 31.4 Å². The first-order valence-electron chi connectivity index (χ1n) is 8.57. The summed E-state index contributed by atoms with van der Waals surface area (Å²) in [6, 6.07) is 12.5. The summed E-state index contributed by atoms with van der Waals surface area (Å²) in [5.74, 6) is -3.25. The van der Waals surface area contributed by atoms with E-state index in [9.17, 15) is 22.0 Å². The Kier molecular flexibility index (Phi) is 5.46. The van der Waals surface area contributed by atoms with Gasteiger partial charge in [0.2, 0.25) is 15.7 Å². The van der Waals surface area contributed by atoms with E-state index in [1.54, 1.807) is 0 Å². The molecule has 27 heavy (non-hydrogen) atoms. The molecular weight excluding hydrogens is 374 g/mol. The van der Waals surface area contributed by atoms with Gasteiger partial charge in [-0.1, -0.05) is 12.1 Å². The number of rotatable bonds is 7. The molecule has 1 aliphatic rings. The molecule has 0 aromatic heterocycles. The number of alkyl halides is 2. The normalized spacial score (nSPS) is 15.4. The van der Waals surface area contributed by atoms with Crippen LogP contribution in [0.3, 0.4) is 0 Å². The first-order chi connectivity index (χ1) is 12.8. The van der Waals surface area contributed by atoms with Crippen LogP contribution < -0.4 is 10.6 Å². The van der Waals surface area contributed by atoms with Crippen LogP contribution in [0.5, 0.6) is 0 Å². The summed E-state index contributed by atoms with van der Waals surface area (Å²) in [6.45, 7) is 1.92. The molecule has 0 heterocycles. The van der Waals surface area contributed by atoms with E-state index in [0.717, 1.165) is 36.2 Å². The Morgan fingerprint density at radius 3 is 2.07 bits per heavy atom. The van der Waals surface area contributed by atoms with E-state index in [1.165, 1.54) is 12.1 Å². The van der Waals surface area contributed by atoms with Crippen molar-refractivity contribution in [3.63, 3.8) is 0 Å². The van der Waals surface area contributed by atoms with Gasteiger partial charge in [-0.3, -0.25) is 4.79 Å². The molecule has 1 saturated carbocycles. The van der Waals surface area contributed by atoms with E-state index in [-0.39, 0.29) is 17.9 Å². The summed E-state index contributed by atoms with van der Waals surface area (Å²) in [5.41, 5.74) is 2.31.